The predicted octanol–water partition coefficient (Wildman–Crippen LogP) is 4.28. The Labute approximate surface area is 122 Å². The normalized spacial score (nSPS) is 10.4. The zero-order chi connectivity index (χ0) is 14.1. The van der Waals surface area contributed by atoms with E-state index in [1.807, 2.05) is 0 Å². The summed E-state index contributed by atoms with van der Waals surface area (Å²) in [4.78, 5) is 15.0. The van der Waals surface area contributed by atoms with E-state index in [1.165, 1.54) is 31.7 Å². The Kier molecular flexibility index (Phi) is 7.48. The fourth-order valence-electron chi connectivity index (χ4n) is 1.75. The highest BCUT2D eigenvalue weighted by atomic mass is 79.9. The molecule has 1 aromatic heterocycles. The summed E-state index contributed by atoms with van der Waals surface area (Å²) in [6.45, 7) is 2.71. The molecule has 0 bridgehead atoms. The lowest BCUT2D eigenvalue weighted by atomic mass is 10.1. The van der Waals surface area contributed by atoms with Gasteiger partial charge >= 0.3 is 5.97 Å². The monoisotopic (exact) mass is 329 g/mol. The zero-order valence-corrected chi connectivity index (χ0v) is 12.8. The number of carboxylic acid groups (broad SMARTS) is 1. The molecule has 0 fully saturated rings. The molecular formula is C14H20BrNO3. The van der Waals surface area contributed by atoms with Crippen LogP contribution in [0.1, 0.15) is 55.8 Å². The molecule has 0 aromatic carbocycles. The van der Waals surface area contributed by atoms with Gasteiger partial charge in [-0.15, -0.1) is 0 Å². The summed E-state index contributed by atoms with van der Waals surface area (Å²) >= 11 is 3.20. The number of aromatic carboxylic acids is 1. The number of rotatable bonds is 9. The Morgan fingerprint density at radius 1 is 1.32 bits per heavy atom. The maximum atomic E-state index is 11.0. The van der Waals surface area contributed by atoms with E-state index < -0.39 is 5.97 Å². The lowest BCUT2D eigenvalue weighted by Crippen LogP contribution is -2.06. The molecule has 0 radical (unpaired) electrons. The fraction of sp³-hybridized carbons (Fsp3) is 0.571. The molecule has 0 aliphatic carbocycles. The van der Waals surface area contributed by atoms with Crippen molar-refractivity contribution in [1.82, 2.24) is 4.98 Å². The molecule has 1 N–H and O–H groups in total. The summed E-state index contributed by atoms with van der Waals surface area (Å²) in [6.07, 6.45) is 8.56. The van der Waals surface area contributed by atoms with E-state index in [9.17, 15) is 4.79 Å². The number of aromatic nitrogens is 1. The molecule has 106 valence electrons. The molecule has 1 heterocycles. The van der Waals surface area contributed by atoms with Gasteiger partial charge in [0.15, 0.2) is 0 Å². The Balaban J connectivity index is 2.35. The molecule has 4 nitrogen and oxygen atoms in total. The summed E-state index contributed by atoms with van der Waals surface area (Å²) in [5, 5.41) is 9.05. The summed E-state index contributed by atoms with van der Waals surface area (Å²) in [6, 6.07) is 1.51. The van der Waals surface area contributed by atoms with Crippen molar-refractivity contribution in [3.05, 3.63) is 22.3 Å². The van der Waals surface area contributed by atoms with Crippen LogP contribution in [-0.2, 0) is 0 Å². The first kappa shape index (κ1) is 16.0. The minimum Gasteiger partial charge on any atom is -0.477 e. The minimum atomic E-state index is -1.02. The number of carboxylic acids is 1. The second-order valence-corrected chi connectivity index (χ2v) is 5.34. The quantitative estimate of drug-likeness (QED) is 0.687. The highest BCUT2D eigenvalue weighted by Gasteiger charge is 2.13. The summed E-state index contributed by atoms with van der Waals surface area (Å²) in [5.74, 6) is -0.823. The van der Waals surface area contributed by atoms with Crippen LogP contribution < -0.4 is 4.74 Å². The number of unbranched alkanes of at least 4 members (excludes halogenated alkanes) is 5. The van der Waals surface area contributed by atoms with Crippen LogP contribution >= 0.6 is 15.9 Å². The van der Waals surface area contributed by atoms with Gasteiger partial charge in [0.2, 0.25) is 5.88 Å². The van der Waals surface area contributed by atoms with Crippen LogP contribution in [0.5, 0.6) is 5.88 Å². The van der Waals surface area contributed by atoms with Gasteiger partial charge in [-0.2, -0.15) is 0 Å². The van der Waals surface area contributed by atoms with Crippen molar-refractivity contribution < 1.29 is 14.6 Å². The number of ether oxygens (including phenoxy) is 1. The number of hydrogen-bond acceptors (Lipinski definition) is 3. The molecule has 1 rings (SSSR count). The van der Waals surface area contributed by atoms with Gasteiger partial charge in [-0.1, -0.05) is 39.0 Å². The maximum absolute atomic E-state index is 11.0. The standard InChI is InChI=1S/C14H20BrNO3/c1-2-3-4-5-6-7-8-19-13-12(14(17)18)9-11(15)10-16-13/h9-10H,2-8H2,1H3,(H,17,18). The molecule has 0 aliphatic heterocycles. The van der Waals surface area contributed by atoms with Gasteiger partial charge in [0.05, 0.1) is 6.61 Å². The average molecular weight is 330 g/mol. The Bertz CT molecular complexity index is 410. The topological polar surface area (TPSA) is 59.4 Å². The molecule has 19 heavy (non-hydrogen) atoms. The van der Waals surface area contributed by atoms with Gasteiger partial charge in [0.25, 0.3) is 0 Å². The number of nitrogens with zero attached hydrogens (tertiary/aromatic N) is 1. The van der Waals surface area contributed by atoms with Crippen LogP contribution in [0.4, 0.5) is 0 Å². The summed E-state index contributed by atoms with van der Waals surface area (Å²) in [5.41, 5.74) is 0.0976. The molecule has 0 aliphatic rings. The first-order valence-electron chi connectivity index (χ1n) is 6.66. The van der Waals surface area contributed by atoms with E-state index in [4.69, 9.17) is 9.84 Å². The number of halogens is 1. The molecule has 0 saturated heterocycles. The van der Waals surface area contributed by atoms with Crippen molar-refractivity contribution in [3.8, 4) is 5.88 Å². The lowest BCUT2D eigenvalue weighted by molar-refractivity contribution is 0.0691. The molecule has 5 heteroatoms. The minimum absolute atomic E-state index is 0.0976. The smallest absolute Gasteiger partial charge is 0.341 e. The third kappa shape index (κ3) is 6.05. The van der Waals surface area contributed by atoms with Crippen molar-refractivity contribution in [2.45, 2.75) is 45.4 Å². The molecule has 0 saturated carbocycles. The highest BCUT2D eigenvalue weighted by Crippen LogP contribution is 2.20. The highest BCUT2D eigenvalue weighted by molar-refractivity contribution is 9.10. The fourth-order valence-corrected chi connectivity index (χ4v) is 2.08. The van der Waals surface area contributed by atoms with Crippen molar-refractivity contribution in [2.75, 3.05) is 6.61 Å². The molecule has 0 atom stereocenters. The summed E-state index contributed by atoms with van der Waals surface area (Å²) in [7, 11) is 0. The van der Waals surface area contributed by atoms with Crippen LogP contribution in [0, 0.1) is 0 Å². The van der Waals surface area contributed by atoms with Gasteiger partial charge in [0.1, 0.15) is 5.56 Å². The van der Waals surface area contributed by atoms with Gasteiger partial charge in [0, 0.05) is 10.7 Å². The Morgan fingerprint density at radius 2 is 2.00 bits per heavy atom. The van der Waals surface area contributed by atoms with Crippen molar-refractivity contribution in [3.63, 3.8) is 0 Å². The molecule has 0 unspecified atom stereocenters. The van der Waals surface area contributed by atoms with E-state index in [-0.39, 0.29) is 11.4 Å². The summed E-state index contributed by atoms with van der Waals surface area (Å²) < 4.78 is 6.08. The van der Waals surface area contributed by atoms with Gasteiger partial charge in [-0.25, -0.2) is 9.78 Å². The lowest BCUT2D eigenvalue weighted by Gasteiger charge is -2.08. The SMILES string of the molecule is CCCCCCCCOc1ncc(Br)cc1C(=O)O. The van der Waals surface area contributed by atoms with E-state index in [0.29, 0.717) is 11.1 Å². The van der Waals surface area contributed by atoms with Crippen molar-refractivity contribution in [2.24, 2.45) is 0 Å². The van der Waals surface area contributed by atoms with Crippen LogP contribution in [-0.4, -0.2) is 22.7 Å². The maximum Gasteiger partial charge on any atom is 0.341 e. The Morgan fingerprint density at radius 3 is 2.68 bits per heavy atom. The van der Waals surface area contributed by atoms with Crippen molar-refractivity contribution >= 4 is 21.9 Å². The van der Waals surface area contributed by atoms with Crippen LogP contribution in [0.15, 0.2) is 16.7 Å². The number of carbonyl (C=O) groups is 1. The number of hydrogen-bond donors (Lipinski definition) is 1. The second-order valence-electron chi connectivity index (χ2n) is 4.43. The average Bonchev–Trinajstić information content (AvgIpc) is 2.39. The van der Waals surface area contributed by atoms with Gasteiger partial charge in [-0.05, 0) is 28.4 Å². The van der Waals surface area contributed by atoms with Gasteiger partial charge in [-0.3, -0.25) is 0 Å². The molecule has 0 amide bonds. The zero-order valence-electron chi connectivity index (χ0n) is 11.2. The van der Waals surface area contributed by atoms with Crippen molar-refractivity contribution in [1.29, 1.82) is 0 Å². The van der Waals surface area contributed by atoms with E-state index in [1.54, 1.807) is 6.20 Å². The largest absolute Gasteiger partial charge is 0.477 e. The molecular weight excluding hydrogens is 310 g/mol. The second kappa shape index (κ2) is 8.91. The van der Waals surface area contributed by atoms with E-state index >= 15 is 0 Å². The van der Waals surface area contributed by atoms with E-state index in [0.717, 1.165) is 12.8 Å². The number of pyridine rings is 1. The first-order valence-corrected chi connectivity index (χ1v) is 7.46. The van der Waals surface area contributed by atoms with Crippen LogP contribution in [0.3, 0.4) is 0 Å². The van der Waals surface area contributed by atoms with Gasteiger partial charge < -0.3 is 9.84 Å². The Hall–Kier alpha value is -1.10. The third-order valence-electron chi connectivity index (χ3n) is 2.78. The van der Waals surface area contributed by atoms with Crippen LogP contribution in [0.2, 0.25) is 0 Å². The first-order chi connectivity index (χ1) is 9.15. The van der Waals surface area contributed by atoms with E-state index in [2.05, 4.69) is 27.8 Å². The molecule has 0 spiro atoms. The molecule has 1 aromatic rings. The van der Waals surface area contributed by atoms with Crippen LogP contribution in [0.25, 0.3) is 0 Å². The third-order valence-corrected chi connectivity index (χ3v) is 3.22. The predicted molar refractivity (Wildman–Crippen MR) is 77.8 cm³/mol.